The smallest absolute Gasteiger partial charge is 0.191 e. The Kier molecular flexibility index (Phi) is 11.0. The maximum atomic E-state index is 13.1. The Hall–Kier alpha value is -0.930. The largest absolute Gasteiger partial charge is 0.379 e. The van der Waals surface area contributed by atoms with E-state index in [4.69, 9.17) is 9.47 Å². The molecule has 0 saturated carbocycles. The zero-order valence-electron chi connectivity index (χ0n) is 15.0. The van der Waals surface area contributed by atoms with Gasteiger partial charge in [-0.3, -0.25) is 4.99 Å². The van der Waals surface area contributed by atoms with Crippen LogP contribution < -0.4 is 10.6 Å². The van der Waals surface area contributed by atoms with Crippen LogP contribution in [0.4, 0.5) is 4.39 Å². The number of aryl methyl sites for hydroxylation is 1. The molecule has 1 saturated heterocycles. The van der Waals surface area contributed by atoms with Gasteiger partial charge in [0.05, 0.1) is 19.3 Å². The lowest BCUT2D eigenvalue weighted by Gasteiger charge is -2.19. The van der Waals surface area contributed by atoms with Crippen LogP contribution in [-0.4, -0.2) is 51.5 Å². The quantitative estimate of drug-likeness (QED) is 0.269. The van der Waals surface area contributed by atoms with Gasteiger partial charge in [0.1, 0.15) is 5.82 Å². The monoisotopic (exact) mass is 465 g/mol. The van der Waals surface area contributed by atoms with Crippen molar-refractivity contribution < 1.29 is 13.9 Å². The molecule has 25 heavy (non-hydrogen) atoms. The fourth-order valence-corrected chi connectivity index (χ4v) is 2.59. The summed E-state index contributed by atoms with van der Waals surface area (Å²) in [5.41, 5.74) is 1.01. The molecule has 142 valence electrons. The van der Waals surface area contributed by atoms with E-state index in [1.807, 2.05) is 6.07 Å². The van der Waals surface area contributed by atoms with E-state index < -0.39 is 0 Å². The number of nitrogens with zero attached hydrogens (tertiary/aromatic N) is 1. The minimum absolute atomic E-state index is 0. The second-order valence-electron chi connectivity index (χ2n) is 6.10. The van der Waals surface area contributed by atoms with Crippen LogP contribution in [0.15, 0.2) is 29.3 Å². The molecule has 2 rings (SSSR count). The van der Waals surface area contributed by atoms with Gasteiger partial charge in [-0.05, 0) is 43.9 Å². The van der Waals surface area contributed by atoms with Gasteiger partial charge in [-0.15, -0.1) is 24.0 Å². The molecule has 0 amide bonds. The van der Waals surface area contributed by atoms with E-state index in [0.717, 1.165) is 43.9 Å². The third-order valence-corrected chi connectivity index (χ3v) is 3.90. The van der Waals surface area contributed by atoms with Crippen LogP contribution in [0.1, 0.15) is 25.3 Å². The van der Waals surface area contributed by atoms with Gasteiger partial charge in [-0.25, -0.2) is 4.39 Å². The van der Waals surface area contributed by atoms with Crippen molar-refractivity contribution in [3.05, 3.63) is 35.6 Å². The first-order valence-corrected chi connectivity index (χ1v) is 8.58. The molecule has 5 nitrogen and oxygen atoms in total. The first-order valence-electron chi connectivity index (χ1n) is 8.58. The molecule has 0 bridgehead atoms. The van der Waals surface area contributed by atoms with Crippen LogP contribution in [0.5, 0.6) is 0 Å². The standard InChI is InChI=1S/C18H28FN3O2.HI/c1-14(12-24-17-8-10-23-13-17)22-18(20-2)21-9-4-6-15-5-3-7-16(19)11-15;/h3,5,7,11,14,17H,4,6,8-10,12-13H2,1-2H3,(H2,20,21,22);1H. The Labute approximate surface area is 166 Å². The van der Waals surface area contributed by atoms with Crippen molar-refractivity contribution in [1.82, 2.24) is 10.6 Å². The predicted molar refractivity (Wildman–Crippen MR) is 109 cm³/mol. The highest BCUT2D eigenvalue weighted by atomic mass is 127. The number of aliphatic imine (C=N–C) groups is 1. The highest BCUT2D eigenvalue weighted by molar-refractivity contribution is 14.0. The number of nitrogens with one attached hydrogen (secondary N) is 2. The first kappa shape index (κ1) is 22.1. The number of benzene rings is 1. The molecular formula is C18H29FIN3O2. The third kappa shape index (κ3) is 8.82. The Balaban J connectivity index is 0.00000312. The van der Waals surface area contributed by atoms with Gasteiger partial charge in [0.2, 0.25) is 0 Å². The fraction of sp³-hybridized carbons (Fsp3) is 0.611. The molecule has 7 heteroatoms. The summed E-state index contributed by atoms with van der Waals surface area (Å²) in [5.74, 6) is 0.576. The van der Waals surface area contributed by atoms with Crippen LogP contribution in [0, 0.1) is 5.82 Å². The van der Waals surface area contributed by atoms with Crippen LogP contribution in [0.3, 0.4) is 0 Å². The predicted octanol–water partition coefficient (Wildman–Crippen LogP) is 2.74. The second-order valence-corrected chi connectivity index (χ2v) is 6.10. The molecule has 0 radical (unpaired) electrons. The van der Waals surface area contributed by atoms with Crippen LogP contribution >= 0.6 is 24.0 Å². The van der Waals surface area contributed by atoms with E-state index in [9.17, 15) is 4.39 Å². The minimum Gasteiger partial charge on any atom is -0.379 e. The van der Waals surface area contributed by atoms with Crippen molar-refractivity contribution >= 4 is 29.9 Å². The number of ether oxygens (including phenoxy) is 2. The summed E-state index contributed by atoms with van der Waals surface area (Å²) in [7, 11) is 1.75. The Bertz CT molecular complexity index is 525. The zero-order chi connectivity index (χ0) is 17.2. The topological polar surface area (TPSA) is 54.9 Å². The van der Waals surface area contributed by atoms with Gasteiger partial charge in [-0.1, -0.05) is 12.1 Å². The normalized spacial score (nSPS) is 18.5. The average molecular weight is 465 g/mol. The molecule has 1 aromatic rings. The zero-order valence-corrected chi connectivity index (χ0v) is 17.3. The molecule has 0 aromatic heterocycles. The lowest BCUT2D eigenvalue weighted by atomic mass is 10.1. The molecule has 0 aliphatic carbocycles. The molecule has 1 fully saturated rings. The summed E-state index contributed by atoms with van der Waals surface area (Å²) in [6, 6.07) is 6.91. The van der Waals surface area contributed by atoms with Gasteiger partial charge in [0, 0.05) is 26.2 Å². The third-order valence-electron chi connectivity index (χ3n) is 3.90. The maximum absolute atomic E-state index is 13.1. The summed E-state index contributed by atoms with van der Waals surface area (Å²) in [6.45, 7) is 4.95. The van der Waals surface area contributed by atoms with Crippen molar-refractivity contribution in [2.75, 3.05) is 33.4 Å². The summed E-state index contributed by atoms with van der Waals surface area (Å²) >= 11 is 0. The molecule has 2 N–H and O–H groups in total. The molecule has 2 atom stereocenters. The van der Waals surface area contributed by atoms with Crippen molar-refractivity contribution in [2.45, 2.75) is 38.3 Å². The number of guanidine groups is 1. The lowest BCUT2D eigenvalue weighted by Crippen LogP contribution is -2.44. The number of hydrogen-bond donors (Lipinski definition) is 2. The van der Waals surface area contributed by atoms with E-state index in [1.165, 1.54) is 6.07 Å². The van der Waals surface area contributed by atoms with Gasteiger partial charge >= 0.3 is 0 Å². The van der Waals surface area contributed by atoms with Crippen LogP contribution in [0.25, 0.3) is 0 Å². The van der Waals surface area contributed by atoms with Gasteiger partial charge in [-0.2, -0.15) is 0 Å². The highest BCUT2D eigenvalue weighted by Crippen LogP contribution is 2.08. The van der Waals surface area contributed by atoms with Gasteiger partial charge in [0.15, 0.2) is 5.96 Å². The molecule has 0 spiro atoms. The Morgan fingerprint density at radius 3 is 3.00 bits per heavy atom. The molecule has 2 unspecified atom stereocenters. The van der Waals surface area contributed by atoms with Crippen molar-refractivity contribution in [2.24, 2.45) is 4.99 Å². The average Bonchev–Trinajstić information content (AvgIpc) is 3.09. The van der Waals surface area contributed by atoms with E-state index >= 15 is 0 Å². The highest BCUT2D eigenvalue weighted by Gasteiger charge is 2.17. The minimum atomic E-state index is -0.181. The van der Waals surface area contributed by atoms with Gasteiger partial charge in [0.25, 0.3) is 0 Å². The molecule has 1 aromatic carbocycles. The summed E-state index contributed by atoms with van der Waals surface area (Å²) < 4.78 is 24.2. The van der Waals surface area contributed by atoms with Crippen LogP contribution in [0.2, 0.25) is 0 Å². The summed E-state index contributed by atoms with van der Waals surface area (Å²) in [6.07, 6.45) is 2.94. The Morgan fingerprint density at radius 1 is 1.48 bits per heavy atom. The Morgan fingerprint density at radius 2 is 2.32 bits per heavy atom. The molecule has 1 aliphatic heterocycles. The van der Waals surface area contributed by atoms with Gasteiger partial charge < -0.3 is 20.1 Å². The van der Waals surface area contributed by atoms with Crippen molar-refractivity contribution in [3.8, 4) is 0 Å². The van der Waals surface area contributed by atoms with E-state index in [0.29, 0.717) is 13.2 Å². The van der Waals surface area contributed by atoms with Crippen molar-refractivity contribution in [3.63, 3.8) is 0 Å². The van der Waals surface area contributed by atoms with E-state index in [1.54, 1.807) is 19.2 Å². The SMILES string of the molecule is CN=C(NCCCc1cccc(F)c1)NC(C)COC1CCOC1.I. The molecule has 1 aliphatic rings. The number of halogens is 2. The summed E-state index contributed by atoms with van der Waals surface area (Å²) in [4.78, 5) is 4.22. The van der Waals surface area contributed by atoms with E-state index in [2.05, 4.69) is 22.5 Å². The number of hydrogen-bond acceptors (Lipinski definition) is 3. The molecular weight excluding hydrogens is 436 g/mol. The lowest BCUT2D eigenvalue weighted by molar-refractivity contribution is 0.0347. The van der Waals surface area contributed by atoms with Crippen LogP contribution in [-0.2, 0) is 15.9 Å². The second kappa shape index (κ2) is 12.4. The summed E-state index contributed by atoms with van der Waals surface area (Å²) in [5, 5.41) is 6.59. The van der Waals surface area contributed by atoms with Crippen molar-refractivity contribution in [1.29, 1.82) is 0 Å². The molecule has 1 heterocycles. The fourth-order valence-electron chi connectivity index (χ4n) is 2.59. The number of rotatable bonds is 8. The van der Waals surface area contributed by atoms with E-state index in [-0.39, 0.29) is 41.9 Å². The maximum Gasteiger partial charge on any atom is 0.191 e. The first-order chi connectivity index (χ1) is 11.7.